The molecule has 0 saturated heterocycles. The number of likely N-dealkylation sites (N-methyl/N-ethyl adjacent to an activating group) is 1. The van der Waals surface area contributed by atoms with E-state index in [0.29, 0.717) is 6.54 Å². The molecule has 1 aromatic carbocycles. The minimum Gasteiger partial charge on any atom is -0.497 e. The van der Waals surface area contributed by atoms with Crippen LogP contribution in [0.4, 0.5) is 0 Å². The van der Waals surface area contributed by atoms with Crippen LogP contribution in [0.25, 0.3) is 6.08 Å². The van der Waals surface area contributed by atoms with Crippen LogP contribution in [0.3, 0.4) is 0 Å². The van der Waals surface area contributed by atoms with Crippen molar-refractivity contribution < 1.29 is 9.53 Å². The summed E-state index contributed by atoms with van der Waals surface area (Å²) >= 11 is 0. The average Bonchev–Trinajstić information content (AvgIpc) is 2.36. The molecule has 0 aliphatic heterocycles. The maximum atomic E-state index is 11.5. The van der Waals surface area contributed by atoms with Gasteiger partial charge in [-0.25, -0.2) is 0 Å². The van der Waals surface area contributed by atoms with E-state index in [1.165, 1.54) is 6.08 Å². The third-order valence-electron chi connectivity index (χ3n) is 2.40. The summed E-state index contributed by atoms with van der Waals surface area (Å²) in [6.45, 7) is 1.49. The van der Waals surface area contributed by atoms with Gasteiger partial charge in [-0.2, -0.15) is 0 Å². The number of carbonyl (C=O) groups excluding carboxylic acids is 1. The van der Waals surface area contributed by atoms with Gasteiger partial charge in [0.2, 0.25) is 5.91 Å². The van der Waals surface area contributed by atoms with Crippen molar-refractivity contribution in [3.8, 4) is 5.75 Å². The number of rotatable bonds is 6. The van der Waals surface area contributed by atoms with Gasteiger partial charge >= 0.3 is 0 Å². The minimum absolute atomic E-state index is 0.0762. The molecule has 0 radical (unpaired) electrons. The number of benzene rings is 1. The molecule has 1 N–H and O–H groups in total. The van der Waals surface area contributed by atoms with Crippen LogP contribution in [0.15, 0.2) is 30.3 Å². The lowest BCUT2D eigenvalue weighted by Gasteiger charge is -2.08. The van der Waals surface area contributed by atoms with E-state index in [2.05, 4.69) is 5.32 Å². The molecule has 0 fully saturated rings. The van der Waals surface area contributed by atoms with Crippen LogP contribution in [0.1, 0.15) is 5.56 Å². The van der Waals surface area contributed by atoms with Crippen molar-refractivity contribution in [1.29, 1.82) is 0 Å². The molecular formula is C14H20N2O2. The van der Waals surface area contributed by atoms with Gasteiger partial charge in [0.1, 0.15) is 5.75 Å². The maximum absolute atomic E-state index is 11.5. The molecule has 4 nitrogen and oxygen atoms in total. The highest BCUT2D eigenvalue weighted by atomic mass is 16.5. The van der Waals surface area contributed by atoms with Crippen LogP contribution in [0.2, 0.25) is 0 Å². The van der Waals surface area contributed by atoms with Crippen molar-refractivity contribution in [1.82, 2.24) is 10.2 Å². The van der Waals surface area contributed by atoms with E-state index < -0.39 is 0 Å². The van der Waals surface area contributed by atoms with Gasteiger partial charge in [0, 0.05) is 19.2 Å². The minimum atomic E-state index is -0.0762. The number of carbonyl (C=O) groups is 1. The quantitative estimate of drug-likeness (QED) is 0.773. The third-order valence-corrected chi connectivity index (χ3v) is 2.40. The Hall–Kier alpha value is -1.81. The Kier molecular flexibility index (Phi) is 5.94. The van der Waals surface area contributed by atoms with Crippen molar-refractivity contribution in [3.63, 3.8) is 0 Å². The molecule has 1 amide bonds. The number of methoxy groups -OCH3 is 1. The number of nitrogens with one attached hydrogen (secondary N) is 1. The topological polar surface area (TPSA) is 41.6 Å². The lowest BCUT2D eigenvalue weighted by Crippen LogP contribution is -2.30. The molecule has 0 atom stereocenters. The second kappa shape index (κ2) is 7.50. The molecule has 1 aromatic rings. The van der Waals surface area contributed by atoms with Crippen LogP contribution < -0.4 is 10.1 Å². The van der Waals surface area contributed by atoms with Gasteiger partial charge in [-0.3, -0.25) is 4.79 Å². The highest BCUT2D eigenvalue weighted by molar-refractivity contribution is 5.91. The average molecular weight is 248 g/mol. The summed E-state index contributed by atoms with van der Waals surface area (Å²) in [5, 5.41) is 2.81. The Balaban J connectivity index is 2.40. The number of nitrogens with zero attached hydrogens (tertiary/aromatic N) is 1. The Morgan fingerprint density at radius 3 is 2.56 bits per heavy atom. The summed E-state index contributed by atoms with van der Waals surface area (Å²) in [6, 6.07) is 7.54. The first-order chi connectivity index (χ1) is 8.61. The van der Waals surface area contributed by atoms with Gasteiger partial charge in [0.05, 0.1) is 7.11 Å². The van der Waals surface area contributed by atoms with Gasteiger partial charge in [-0.1, -0.05) is 12.1 Å². The van der Waals surface area contributed by atoms with E-state index in [1.54, 1.807) is 13.2 Å². The van der Waals surface area contributed by atoms with Crippen molar-refractivity contribution in [2.75, 3.05) is 34.3 Å². The first kappa shape index (κ1) is 14.3. The molecule has 0 aromatic heterocycles. The number of amides is 1. The van der Waals surface area contributed by atoms with Crippen LogP contribution in [0, 0.1) is 0 Å². The number of hydrogen-bond acceptors (Lipinski definition) is 3. The van der Waals surface area contributed by atoms with Crippen LogP contribution in [-0.2, 0) is 4.79 Å². The molecule has 1 rings (SSSR count). The predicted molar refractivity (Wildman–Crippen MR) is 73.6 cm³/mol. The Labute approximate surface area is 108 Å². The maximum Gasteiger partial charge on any atom is 0.244 e. The summed E-state index contributed by atoms with van der Waals surface area (Å²) in [4.78, 5) is 13.5. The fourth-order valence-electron chi connectivity index (χ4n) is 1.35. The monoisotopic (exact) mass is 248 g/mol. The lowest BCUT2D eigenvalue weighted by molar-refractivity contribution is -0.116. The molecular weight excluding hydrogens is 228 g/mol. The highest BCUT2D eigenvalue weighted by Gasteiger charge is 1.96. The van der Waals surface area contributed by atoms with Gasteiger partial charge in [0.15, 0.2) is 0 Å². The van der Waals surface area contributed by atoms with Crippen molar-refractivity contribution in [2.45, 2.75) is 0 Å². The second-order valence-corrected chi connectivity index (χ2v) is 4.20. The smallest absolute Gasteiger partial charge is 0.244 e. The summed E-state index contributed by atoms with van der Waals surface area (Å²) in [6.07, 6.45) is 3.32. The zero-order valence-electron chi connectivity index (χ0n) is 11.1. The summed E-state index contributed by atoms with van der Waals surface area (Å²) in [5.41, 5.74) is 0.971. The molecule has 18 heavy (non-hydrogen) atoms. The van der Waals surface area contributed by atoms with E-state index >= 15 is 0 Å². The van der Waals surface area contributed by atoms with E-state index in [1.807, 2.05) is 43.3 Å². The van der Waals surface area contributed by atoms with Crippen LogP contribution >= 0.6 is 0 Å². The first-order valence-electron chi connectivity index (χ1n) is 5.86. The van der Waals surface area contributed by atoms with Crippen LogP contribution in [-0.4, -0.2) is 45.1 Å². The molecule has 0 unspecified atom stereocenters. The zero-order chi connectivity index (χ0) is 13.4. The molecule has 0 spiro atoms. The molecule has 98 valence electrons. The zero-order valence-corrected chi connectivity index (χ0v) is 11.1. The highest BCUT2D eigenvalue weighted by Crippen LogP contribution is 2.11. The first-order valence-corrected chi connectivity index (χ1v) is 5.86. The summed E-state index contributed by atoms with van der Waals surface area (Å²) in [7, 11) is 5.57. The fourth-order valence-corrected chi connectivity index (χ4v) is 1.35. The van der Waals surface area contributed by atoms with Gasteiger partial charge in [-0.15, -0.1) is 0 Å². The molecule has 0 aliphatic carbocycles. The molecule has 0 aliphatic rings. The van der Waals surface area contributed by atoms with Crippen LogP contribution in [0.5, 0.6) is 5.75 Å². The van der Waals surface area contributed by atoms with Gasteiger partial charge < -0.3 is 15.0 Å². The number of ether oxygens (including phenoxy) is 1. The van der Waals surface area contributed by atoms with Crippen molar-refractivity contribution >= 4 is 12.0 Å². The molecule has 0 saturated carbocycles. The lowest BCUT2D eigenvalue weighted by atomic mass is 10.2. The van der Waals surface area contributed by atoms with E-state index in [9.17, 15) is 4.79 Å². The predicted octanol–water partition coefficient (Wildman–Crippen LogP) is 1.39. The molecule has 0 heterocycles. The molecule has 4 heteroatoms. The van der Waals surface area contributed by atoms with E-state index in [0.717, 1.165) is 17.9 Å². The Morgan fingerprint density at radius 1 is 1.33 bits per heavy atom. The summed E-state index contributed by atoms with van der Waals surface area (Å²) in [5.74, 6) is 0.732. The summed E-state index contributed by atoms with van der Waals surface area (Å²) < 4.78 is 5.06. The molecule has 0 bridgehead atoms. The van der Waals surface area contributed by atoms with Gasteiger partial charge in [-0.05, 0) is 37.9 Å². The standard InChI is InChI=1S/C14H20N2O2/c1-16(2)11-10-15-14(17)9-6-12-4-7-13(18-3)8-5-12/h4-9H,10-11H2,1-3H3,(H,15,17). The van der Waals surface area contributed by atoms with Gasteiger partial charge in [0.25, 0.3) is 0 Å². The Bertz CT molecular complexity index is 397. The number of hydrogen-bond donors (Lipinski definition) is 1. The van der Waals surface area contributed by atoms with Crippen molar-refractivity contribution in [2.24, 2.45) is 0 Å². The third kappa shape index (κ3) is 5.50. The fraction of sp³-hybridized carbons (Fsp3) is 0.357. The SMILES string of the molecule is COc1ccc(C=CC(=O)NCCN(C)C)cc1. The van der Waals surface area contributed by atoms with E-state index in [-0.39, 0.29) is 5.91 Å². The van der Waals surface area contributed by atoms with E-state index in [4.69, 9.17) is 4.74 Å². The van der Waals surface area contributed by atoms with Crippen molar-refractivity contribution in [3.05, 3.63) is 35.9 Å². The largest absolute Gasteiger partial charge is 0.497 e. The normalized spacial score (nSPS) is 10.9. The Morgan fingerprint density at radius 2 is 2.00 bits per heavy atom. The second-order valence-electron chi connectivity index (χ2n) is 4.20.